The molecule has 0 atom stereocenters. The lowest BCUT2D eigenvalue weighted by molar-refractivity contribution is 0.297. The van der Waals surface area contributed by atoms with Crippen LogP contribution in [0.25, 0.3) is 10.9 Å². The Bertz CT molecular complexity index is 783. The molecule has 3 aromatic rings. The van der Waals surface area contributed by atoms with Crippen LogP contribution in [0.3, 0.4) is 0 Å². The Kier molecular flexibility index (Phi) is 4.31. The van der Waals surface area contributed by atoms with Crippen molar-refractivity contribution in [2.75, 3.05) is 0 Å². The summed E-state index contributed by atoms with van der Waals surface area (Å²) in [5, 5.41) is 6.44. The first kappa shape index (κ1) is 14.6. The van der Waals surface area contributed by atoms with E-state index in [0.29, 0.717) is 6.61 Å². The normalized spacial score (nSPS) is 11.0. The summed E-state index contributed by atoms with van der Waals surface area (Å²) >= 11 is 7.04. The summed E-state index contributed by atoms with van der Waals surface area (Å²) in [6.07, 6.45) is 0. The summed E-state index contributed by atoms with van der Waals surface area (Å²) in [6, 6.07) is 14.2. The first-order valence-corrected chi connectivity index (χ1v) is 8.49. The molecule has 0 fully saturated rings. The van der Waals surface area contributed by atoms with E-state index in [-0.39, 0.29) is 0 Å². The summed E-state index contributed by atoms with van der Waals surface area (Å²) < 4.78 is 8.86. The molecular formula is C16H14Br2N2O. The van der Waals surface area contributed by atoms with Gasteiger partial charge in [0.2, 0.25) is 0 Å². The molecule has 0 aliphatic heterocycles. The van der Waals surface area contributed by atoms with E-state index < -0.39 is 0 Å². The van der Waals surface area contributed by atoms with E-state index in [2.05, 4.69) is 49.1 Å². The Hall–Kier alpha value is -1.33. The standard InChI is InChI=1S/C16H14Br2N2O/c1-20-15-8-3-2-6-12(15)14(19-20)10-21-16-11(9-17)5-4-7-13(16)18/h2-8H,9-10H2,1H3. The van der Waals surface area contributed by atoms with Gasteiger partial charge in [-0.2, -0.15) is 5.10 Å². The van der Waals surface area contributed by atoms with Crippen LogP contribution in [0.1, 0.15) is 11.3 Å². The van der Waals surface area contributed by atoms with E-state index >= 15 is 0 Å². The SMILES string of the molecule is Cn1nc(COc2c(Br)cccc2CBr)c2ccccc21. The highest BCUT2D eigenvalue weighted by Crippen LogP contribution is 2.31. The topological polar surface area (TPSA) is 27.1 Å². The van der Waals surface area contributed by atoms with Gasteiger partial charge in [0.25, 0.3) is 0 Å². The van der Waals surface area contributed by atoms with Crippen LogP contribution < -0.4 is 4.74 Å². The lowest BCUT2D eigenvalue weighted by atomic mass is 10.2. The molecule has 0 aliphatic carbocycles. The third-order valence-corrected chi connectivity index (χ3v) is 4.61. The molecule has 2 aromatic carbocycles. The summed E-state index contributed by atoms with van der Waals surface area (Å²) in [5.74, 6) is 0.865. The molecule has 1 heterocycles. The Labute approximate surface area is 140 Å². The first-order chi connectivity index (χ1) is 10.2. The number of hydrogen-bond donors (Lipinski definition) is 0. The number of alkyl halides is 1. The third kappa shape index (κ3) is 2.85. The molecule has 3 nitrogen and oxygen atoms in total. The highest BCUT2D eigenvalue weighted by Gasteiger charge is 2.11. The molecule has 0 saturated carbocycles. The maximum Gasteiger partial charge on any atom is 0.138 e. The number of rotatable bonds is 4. The molecule has 0 saturated heterocycles. The van der Waals surface area contributed by atoms with Gasteiger partial charge < -0.3 is 4.74 Å². The predicted octanol–water partition coefficient (Wildman–Crippen LogP) is 4.81. The van der Waals surface area contributed by atoms with Crippen LogP contribution in [0.2, 0.25) is 0 Å². The van der Waals surface area contributed by atoms with Crippen molar-refractivity contribution in [3.8, 4) is 5.75 Å². The molecule has 0 aliphatic rings. The van der Waals surface area contributed by atoms with Crippen LogP contribution in [0.4, 0.5) is 0 Å². The molecule has 3 rings (SSSR count). The van der Waals surface area contributed by atoms with E-state index in [9.17, 15) is 0 Å². The fourth-order valence-electron chi connectivity index (χ4n) is 2.36. The molecule has 0 N–H and O–H groups in total. The third-order valence-electron chi connectivity index (χ3n) is 3.38. The van der Waals surface area contributed by atoms with Crippen molar-refractivity contribution in [1.29, 1.82) is 0 Å². The molecule has 1 aromatic heterocycles. The van der Waals surface area contributed by atoms with Gasteiger partial charge in [-0.05, 0) is 28.1 Å². The van der Waals surface area contributed by atoms with E-state index in [1.165, 1.54) is 0 Å². The van der Waals surface area contributed by atoms with Crippen molar-refractivity contribution in [3.05, 3.63) is 58.2 Å². The van der Waals surface area contributed by atoms with Crippen molar-refractivity contribution < 1.29 is 4.74 Å². The van der Waals surface area contributed by atoms with Gasteiger partial charge in [-0.15, -0.1) is 0 Å². The largest absolute Gasteiger partial charge is 0.486 e. The number of hydrogen-bond acceptors (Lipinski definition) is 2. The van der Waals surface area contributed by atoms with Crippen molar-refractivity contribution in [1.82, 2.24) is 9.78 Å². The Morgan fingerprint density at radius 3 is 2.76 bits per heavy atom. The van der Waals surface area contributed by atoms with Crippen LogP contribution >= 0.6 is 31.9 Å². The fraction of sp³-hybridized carbons (Fsp3) is 0.188. The number of nitrogens with zero attached hydrogens (tertiary/aromatic N) is 2. The Balaban J connectivity index is 1.91. The van der Waals surface area contributed by atoms with Gasteiger partial charge >= 0.3 is 0 Å². The summed E-state index contributed by atoms with van der Waals surface area (Å²) in [7, 11) is 1.95. The van der Waals surface area contributed by atoms with Crippen LogP contribution in [-0.4, -0.2) is 9.78 Å². The molecule has 0 unspecified atom stereocenters. The number of halogens is 2. The number of aryl methyl sites for hydroxylation is 1. The predicted molar refractivity (Wildman–Crippen MR) is 91.8 cm³/mol. The highest BCUT2D eigenvalue weighted by molar-refractivity contribution is 9.10. The molecular weight excluding hydrogens is 396 g/mol. The number of fused-ring (bicyclic) bond motifs is 1. The molecule has 108 valence electrons. The van der Waals surface area contributed by atoms with Crippen LogP contribution in [-0.2, 0) is 19.0 Å². The van der Waals surface area contributed by atoms with Gasteiger partial charge in [0.1, 0.15) is 18.1 Å². The van der Waals surface area contributed by atoms with Crippen LogP contribution in [0, 0.1) is 0 Å². The second kappa shape index (κ2) is 6.20. The lowest BCUT2D eigenvalue weighted by Gasteiger charge is -2.11. The minimum Gasteiger partial charge on any atom is -0.486 e. The second-order valence-corrected chi connectivity index (χ2v) is 6.15. The fourth-order valence-corrected chi connectivity index (χ4v) is 3.32. The van der Waals surface area contributed by atoms with Gasteiger partial charge in [0.15, 0.2) is 0 Å². The average Bonchev–Trinajstić information content (AvgIpc) is 2.83. The van der Waals surface area contributed by atoms with Gasteiger partial charge in [-0.1, -0.05) is 46.3 Å². The highest BCUT2D eigenvalue weighted by atomic mass is 79.9. The Morgan fingerprint density at radius 2 is 1.95 bits per heavy atom. The maximum absolute atomic E-state index is 6.01. The molecule has 5 heteroatoms. The molecule has 0 radical (unpaired) electrons. The quantitative estimate of drug-likeness (QED) is 0.578. The van der Waals surface area contributed by atoms with E-state index in [4.69, 9.17) is 4.74 Å². The number of aromatic nitrogens is 2. The van der Waals surface area contributed by atoms with Gasteiger partial charge in [0.05, 0.1) is 9.99 Å². The van der Waals surface area contributed by atoms with Gasteiger partial charge in [-0.25, -0.2) is 0 Å². The minimum atomic E-state index is 0.448. The average molecular weight is 410 g/mol. The molecule has 0 bridgehead atoms. The smallest absolute Gasteiger partial charge is 0.138 e. The summed E-state index contributed by atoms with van der Waals surface area (Å²) in [5.41, 5.74) is 3.18. The van der Waals surface area contributed by atoms with Crippen LogP contribution in [0.5, 0.6) is 5.75 Å². The van der Waals surface area contributed by atoms with E-state index in [1.54, 1.807) is 0 Å². The summed E-state index contributed by atoms with van der Waals surface area (Å²) in [4.78, 5) is 0. The van der Waals surface area contributed by atoms with Crippen LogP contribution in [0.15, 0.2) is 46.9 Å². The minimum absolute atomic E-state index is 0.448. The van der Waals surface area contributed by atoms with Crippen molar-refractivity contribution in [3.63, 3.8) is 0 Å². The molecule has 0 amide bonds. The van der Waals surface area contributed by atoms with Crippen molar-refractivity contribution >= 4 is 42.8 Å². The number of benzene rings is 2. The zero-order valence-electron chi connectivity index (χ0n) is 11.5. The molecule has 21 heavy (non-hydrogen) atoms. The van der Waals surface area contributed by atoms with Gasteiger partial charge in [0, 0.05) is 23.3 Å². The van der Waals surface area contributed by atoms with E-state index in [1.807, 2.05) is 42.1 Å². The molecule has 0 spiro atoms. The summed E-state index contributed by atoms with van der Waals surface area (Å²) in [6.45, 7) is 0.448. The van der Waals surface area contributed by atoms with Gasteiger partial charge in [-0.3, -0.25) is 4.68 Å². The van der Waals surface area contributed by atoms with Crippen molar-refractivity contribution in [2.24, 2.45) is 7.05 Å². The number of para-hydroxylation sites is 2. The zero-order chi connectivity index (χ0) is 14.8. The van der Waals surface area contributed by atoms with Crippen molar-refractivity contribution in [2.45, 2.75) is 11.9 Å². The Morgan fingerprint density at radius 1 is 1.14 bits per heavy atom. The first-order valence-electron chi connectivity index (χ1n) is 6.57. The lowest BCUT2D eigenvalue weighted by Crippen LogP contribution is -2.00. The second-order valence-electron chi connectivity index (χ2n) is 4.74. The number of ether oxygens (including phenoxy) is 1. The zero-order valence-corrected chi connectivity index (χ0v) is 14.7. The van der Waals surface area contributed by atoms with E-state index in [0.717, 1.165) is 37.7 Å². The maximum atomic E-state index is 6.01. The monoisotopic (exact) mass is 408 g/mol.